The number of nitrogen functional groups attached to an aromatic ring is 1. The molecule has 6 heteroatoms. The van der Waals surface area contributed by atoms with Gasteiger partial charge in [0.2, 0.25) is 0 Å². The zero-order chi connectivity index (χ0) is 12.8. The van der Waals surface area contributed by atoms with Crippen LogP contribution >= 0.6 is 11.8 Å². The number of thioether (sulfide) groups is 1. The second-order valence-corrected chi connectivity index (χ2v) is 5.37. The van der Waals surface area contributed by atoms with Gasteiger partial charge in [-0.2, -0.15) is 11.8 Å². The Balaban J connectivity index is 1.76. The fourth-order valence-electron chi connectivity index (χ4n) is 1.86. The van der Waals surface area contributed by atoms with E-state index in [9.17, 15) is 4.79 Å². The molecule has 18 heavy (non-hydrogen) atoms. The van der Waals surface area contributed by atoms with E-state index in [1.165, 1.54) is 11.5 Å². The average molecular weight is 266 g/mol. The van der Waals surface area contributed by atoms with Gasteiger partial charge >= 0.3 is 0 Å². The zero-order valence-electron chi connectivity index (χ0n) is 10.3. The molecule has 1 aliphatic rings. The van der Waals surface area contributed by atoms with Crippen LogP contribution in [0.25, 0.3) is 0 Å². The number of pyridine rings is 1. The number of carbonyl (C=O) groups excluding carboxylic acids is 1. The molecule has 98 valence electrons. The van der Waals surface area contributed by atoms with Crippen molar-refractivity contribution in [1.29, 1.82) is 0 Å². The predicted molar refractivity (Wildman–Crippen MR) is 74.7 cm³/mol. The number of carbonyl (C=O) groups is 1. The van der Waals surface area contributed by atoms with E-state index in [1.54, 1.807) is 18.3 Å². The van der Waals surface area contributed by atoms with Gasteiger partial charge in [0.1, 0.15) is 5.82 Å². The van der Waals surface area contributed by atoms with E-state index in [0.29, 0.717) is 12.1 Å². The molecule has 2 rings (SSSR count). The Morgan fingerprint density at radius 3 is 3.00 bits per heavy atom. The molecule has 0 bridgehead atoms. The highest BCUT2D eigenvalue weighted by Crippen LogP contribution is 2.08. The van der Waals surface area contributed by atoms with Crippen LogP contribution in [-0.2, 0) is 0 Å². The van der Waals surface area contributed by atoms with Crippen molar-refractivity contribution in [2.24, 2.45) is 0 Å². The van der Waals surface area contributed by atoms with Gasteiger partial charge in [0.05, 0.1) is 5.56 Å². The van der Waals surface area contributed by atoms with Crippen LogP contribution < -0.4 is 11.1 Å². The lowest BCUT2D eigenvalue weighted by atomic mass is 10.2. The molecule has 5 nitrogen and oxygen atoms in total. The summed E-state index contributed by atoms with van der Waals surface area (Å²) >= 11 is 1.98. The van der Waals surface area contributed by atoms with Crippen LogP contribution in [0, 0.1) is 0 Å². The Bertz CT molecular complexity index is 407. The number of nitrogens with one attached hydrogen (secondary N) is 1. The van der Waals surface area contributed by atoms with Crippen molar-refractivity contribution in [2.45, 2.75) is 0 Å². The molecule has 0 unspecified atom stereocenters. The summed E-state index contributed by atoms with van der Waals surface area (Å²) in [5.41, 5.74) is 6.10. The van der Waals surface area contributed by atoms with Crippen molar-refractivity contribution in [3.8, 4) is 0 Å². The molecule has 2 heterocycles. The maximum absolute atomic E-state index is 11.9. The van der Waals surface area contributed by atoms with Gasteiger partial charge in [-0.15, -0.1) is 0 Å². The lowest BCUT2D eigenvalue weighted by Gasteiger charge is -2.26. The van der Waals surface area contributed by atoms with Gasteiger partial charge in [-0.1, -0.05) is 0 Å². The highest BCUT2D eigenvalue weighted by Gasteiger charge is 2.12. The molecule has 1 amide bonds. The number of aromatic nitrogens is 1. The fourth-order valence-corrected chi connectivity index (χ4v) is 2.84. The van der Waals surface area contributed by atoms with Gasteiger partial charge < -0.3 is 11.1 Å². The second kappa shape index (κ2) is 6.61. The molecule has 0 radical (unpaired) electrons. The van der Waals surface area contributed by atoms with Crippen LogP contribution in [0.2, 0.25) is 0 Å². The van der Waals surface area contributed by atoms with Gasteiger partial charge in [0, 0.05) is 43.9 Å². The molecule has 1 aromatic heterocycles. The number of anilines is 1. The molecule has 0 atom stereocenters. The van der Waals surface area contributed by atoms with Gasteiger partial charge in [0.15, 0.2) is 0 Å². The molecule has 0 spiro atoms. The van der Waals surface area contributed by atoms with E-state index in [4.69, 9.17) is 5.73 Å². The quantitative estimate of drug-likeness (QED) is 0.827. The Kier molecular flexibility index (Phi) is 4.83. The van der Waals surface area contributed by atoms with Crippen LogP contribution in [-0.4, -0.2) is 53.5 Å². The maximum Gasteiger partial charge on any atom is 0.255 e. The van der Waals surface area contributed by atoms with Crippen molar-refractivity contribution in [1.82, 2.24) is 15.2 Å². The molecule has 1 saturated heterocycles. The fraction of sp³-hybridized carbons (Fsp3) is 0.500. The predicted octanol–water partition coefficient (Wildman–Crippen LogP) is 0.442. The maximum atomic E-state index is 11.9. The van der Waals surface area contributed by atoms with Crippen LogP contribution in [0.1, 0.15) is 10.4 Å². The Hall–Kier alpha value is -1.27. The smallest absolute Gasteiger partial charge is 0.255 e. The average Bonchev–Trinajstić information content (AvgIpc) is 2.40. The number of amides is 1. The molecule has 3 N–H and O–H groups in total. The normalized spacial score (nSPS) is 16.4. The summed E-state index contributed by atoms with van der Waals surface area (Å²) in [4.78, 5) is 18.1. The summed E-state index contributed by atoms with van der Waals surface area (Å²) in [5, 5.41) is 2.88. The minimum absolute atomic E-state index is 0.146. The summed E-state index contributed by atoms with van der Waals surface area (Å²) in [6.07, 6.45) is 1.58. The number of nitrogens with zero attached hydrogens (tertiary/aromatic N) is 2. The SMILES string of the molecule is Nc1ncccc1C(=O)NCCN1CCSCC1. The van der Waals surface area contributed by atoms with Gasteiger partial charge in [-0.3, -0.25) is 9.69 Å². The first-order valence-corrected chi connectivity index (χ1v) is 7.21. The summed E-state index contributed by atoms with van der Waals surface area (Å²) in [5.74, 6) is 2.50. The lowest BCUT2D eigenvalue weighted by molar-refractivity contribution is 0.0949. The Labute approximate surface area is 111 Å². The summed E-state index contributed by atoms with van der Waals surface area (Å²) < 4.78 is 0. The molecule has 0 saturated carbocycles. The highest BCUT2D eigenvalue weighted by atomic mass is 32.2. The minimum Gasteiger partial charge on any atom is -0.383 e. The van der Waals surface area contributed by atoms with Crippen LogP contribution in [0.5, 0.6) is 0 Å². The first-order chi connectivity index (χ1) is 8.77. The van der Waals surface area contributed by atoms with E-state index < -0.39 is 0 Å². The van der Waals surface area contributed by atoms with Crippen molar-refractivity contribution in [3.63, 3.8) is 0 Å². The lowest BCUT2D eigenvalue weighted by Crippen LogP contribution is -2.39. The van der Waals surface area contributed by atoms with E-state index in [0.717, 1.165) is 19.6 Å². The first-order valence-electron chi connectivity index (χ1n) is 6.06. The molecule has 0 aliphatic carbocycles. The zero-order valence-corrected chi connectivity index (χ0v) is 11.1. The summed E-state index contributed by atoms with van der Waals surface area (Å²) in [6.45, 7) is 3.76. The Morgan fingerprint density at radius 1 is 1.50 bits per heavy atom. The molecule has 1 aromatic rings. The number of hydrogen-bond acceptors (Lipinski definition) is 5. The minimum atomic E-state index is -0.146. The van der Waals surface area contributed by atoms with Gasteiger partial charge in [0.25, 0.3) is 5.91 Å². The Morgan fingerprint density at radius 2 is 2.28 bits per heavy atom. The molecule has 0 aromatic carbocycles. The topological polar surface area (TPSA) is 71.2 Å². The summed E-state index contributed by atoms with van der Waals surface area (Å²) in [6, 6.07) is 3.41. The largest absolute Gasteiger partial charge is 0.383 e. The number of nitrogens with two attached hydrogens (primary N) is 1. The van der Waals surface area contributed by atoms with Crippen LogP contribution in [0.4, 0.5) is 5.82 Å². The first kappa shape index (κ1) is 13.2. The molecular formula is C12H18N4OS. The number of hydrogen-bond donors (Lipinski definition) is 2. The van der Waals surface area contributed by atoms with E-state index >= 15 is 0 Å². The number of rotatable bonds is 4. The summed E-state index contributed by atoms with van der Waals surface area (Å²) in [7, 11) is 0. The third-order valence-corrected chi connectivity index (χ3v) is 3.84. The molecule has 1 aliphatic heterocycles. The van der Waals surface area contributed by atoms with Crippen LogP contribution in [0.3, 0.4) is 0 Å². The highest BCUT2D eigenvalue weighted by molar-refractivity contribution is 7.99. The van der Waals surface area contributed by atoms with Crippen molar-refractivity contribution in [2.75, 3.05) is 43.4 Å². The van der Waals surface area contributed by atoms with Crippen molar-refractivity contribution >= 4 is 23.5 Å². The third kappa shape index (κ3) is 3.61. The van der Waals surface area contributed by atoms with Crippen LogP contribution in [0.15, 0.2) is 18.3 Å². The van der Waals surface area contributed by atoms with Gasteiger partial charge in [-0.25, -0.2) is 4.98 Å². The monoisotopic (exact) mass is 266 g/mol. The van der Waals surface area contributed by atoms with Gasteiger partial charge in [-0.05, 0) is 12.1 Å². The van der Waals surface area contributed by atoms with Crippen molar-refractivity contribution < 1.29 is 4.79 Å². The van der Waals surface area contributed by atoms with E-state index in [2.05, 4.69) is 15.2 Å². The molecular weight excluding hydrogens is 248 g/mol. The molecule has 1 fully saturated rings. The second-order valence-electron chi connectivity index (χ2n) is 4.15. The van der Waals surface area contributed by atoms with E-state index in [1.807, 2.05) is 11.8 Å². The standard InChI is InChI=1S/C12H18N4OS/c13-11-10(2-1-3-14-11)12(17)15-4-5-16-6-8-18-9-7-16/h1-3H,4-9H2,(H2,13,14)(H,15,17). The van der Waals surface area contributed by atoms with Crippen molar-refractivity contribution in [3.05, 3.63) is 23.9 Å². The third-order valence-electron chi connectivity index (χ3n) is 2.90. The van der Waals surface area contributed by atoms with E-state index in [-0.39, 0.29) is 11.7 Å².